The molecule has 16 heavy (non-hydrogen) atoms. The van der Waals surface area contributed by atoms with Crippen molar-refractivity contribution >= 4 is 11.8 Å². The summed E-state index contributed by atoms with van der Waals surface area (Å²) in [6.07, 6.45) is 1.52. The molecule has 1 aromatic heterocycles. The lowest BCUT2D eigenvalue weighted by Crippen LogP contribution is -2.37. The Morgan fingerprint density at radius 1 is 1.56 bits per heavy atom. The van der Waals surface area contributed by atoms with Crippen LogP contribution >= 0.6 is 0 Å². The number of anilines is 1. The number of hydrogen-bond acceptors (Lipinski definition) is 5. The van der Waals surface area contributed by atoms with Gasteiger partial charge in [0, 0.05) is 12.3 Å². The van der Waals surface area contributed by atoms with Crippen molar-refractivity contribution in [2.24, 2.45) is 0 Å². The Morgan fingerprint density at radius 2 is 2.31 bits per heavy atom. The van der Waals surface area contributed by atoms with Gasteiger partial charge in [0.1, 0.15) is 6.10 Å². The minimum absolute atomic E-state index is 0.0437. The minimum Gasteiger partial charge on any atom is -0.485 e. The summed E-state index contributed by atoms with van der Waals surface area (Å²) in [7, 11) is 1.34. The van der Waals surface area contributed by atoms with Crippen LogP contribution in [0.3, 0.4) is 0 Å². The summed E-state index contributed by atoms with van der Waals surface area (Å²) in [6, 6.07) is 1.84. The van der Waals surface area contributed by atoms with E-state index < -0.39 is 5.97 Å². The lowest BCUT2D eigenvalue weighted by Gasteiger charge is -2.29. The topological polar surface area (TPSA) is 60.5 Å². The predicted octanol–water partition coefficient (Wildman–Crippen LogP) is 1.45. The molecule has 1 aliphatic heterocycles. The number of methoxy groups -OCH3 is 1. The van der Waals surface area contributed by atoms with Gasteiger partial charge in [0.15, 0.2) is 11.6 Å². The van der Waals surface area contributed by atoms with Gasteiger partial charge in [0.25, 0.3) is 0 Å². The van der Waals surface area contributed by atoms with Crippen molar-refractivity contribution < 1.29 is 14.3 Å². The molecule has 2 heterocycles. The molecule has 0 bridgehead atoms. The third kappa shape index (κ3) is 1.80. The number of carbonyl (C=O) groups excluding carboxylic acids is 1. The SMILES string of the molecule is COC(=O)c1cnc2c(c1)O[C@@H](C)[C@H](C)N2. The van der Waals surface area contributed by atoms with Gasteiger partial charge in [-0.3, -0.25) is 0 Å². The van der Waals surface area contributed by atoms with Crippen molar-refractivity contribution in [3.05, 3.63) is 17.8 Å². The van der Waals surface area contributed by atoms with Crippen LogP contribution in [0.15, 0.2) is 12.3 Å². The second-order valence-corrected chi connectivity index (χ2v) is 3.82. The minimum atomic E-state index is -0.412. The standard InChI is InChI=1S/C11H14N2O3/c1-6-7(2)16-9-4-8(11(14)15-3)5-12-10(9)13-6/h4-7H,1-3H3,(H,12,13)/t6-,7-/m0/s1. The Morgan fingerprint density at radius 3 is 3.00 bits per heavy atom. The van der Waals surface area contributed by atoms with Crippen LogP contribution in [0, 0.1) is 0 Å². The summed E-state index contributed by atoms with van der Waals surface area (Å²) in [5.74, 6) is 0.844. The quantitative estimate of drug-likeness (QED) is 0.729. The van der Waals surface area contributed by atoms with Gasteiger partial charge in [-0.2, -0.15) is 0 Å². The molecular formula is C11H14N2O3. The van der Waals surface area contributed by atoms with Gasteiger partial charge in [-0.25, -0.2) is 9.78 Å². The number of hydrogen-bond donors (Lipinski definition) is 1. The molecule has 0 saturated carbocycles. The van der Waals surface area contributed by atoms with E-state index in [2.05, 4.69) is 15.0 Å². The molecular weight excluding hydrogens is 208 g/mol. The molecule has 5 nitrogen and oxygen atoms in total. The first kappa shape index (κ1) is 10.7. The first-order valence-corrected chi connectivity index (χ1v) is 5.13. The molecule has 0 unspecified atom stereocenters. The third-order valence-corrected chi connectivity index (χ3v) is 2.66. The number of nitrogens with zero attached hydrogens (tertiary/aromatic N) is 1. The van der Waals surface area contributed by atoms with Crippen LogP contribution in [0.5, 0.6) is 5.75 Å². The Balaban J connectivity index is 2.32. The Bertz CT molecular complexity index is 420. The normalized spacial score (nSPS) is 22.7. The number of carbonyl (C=O) groups is 1. The highest BCUT2D eigenvalue weighted by Crippen LogP contribution is 2.29. The van der Waals surface area contributed by atoms with Crippen molar-refractivity contribution in [2.75, 3.05) is 12.4 Å². The van der Waals surface area contributed by atoms with E-state index in [9.17, 15) is 4.79 Å². The monoisotopic (exact) mass is 222 g/mol. The highest BCUT2D eigenvalue weighted by atomic mass is 16.5. The first-order chi connectivity index (χ1) is 7.61. The van der Waals surface area contributed by atoms with E-state index in [4.69, 9.17) is 4.74 Å². The maximum atomic E-state index is 11.3. The molecule has 0 radical (unpaired) electrons. The molecule has 0 fully saturated rings. The Hall–Kier alpha value is -1.78. The van der Waals surface area contributed by atoms with E-state index >= 15 is 0 Å². The van der Waals surface area contributed by atoms with Gasteiger partial charge in [-0.1, -0.05) is 0 Å². The summed E-state index contributed by atoms with van der Waals surface area (Å²) in [6.45, 7) is 3.98. The Labute approximate surface area is 93.8 Å². The molecule has 0 amide bonds. The summed E-state index contributed by atoms with van der Waals surface area (Å²) >= 11 is 0. The van der Waals surface area contributed by atoms with E-state index in [0.29, 0.717) is 17.1 Å². The molecule has 2 rings (SSSR count). The van der Waals surface area contributed by atoms with Crippen LogP contribution < -0.4 is 10.1 Å². The zero-order valence-electron chi connectivity index (χ0n) is 9.48. The van der Waals surface area contributed by atoms with E-state index in [1.54, 1.807) is 6.07 Å². The van der Waals surface area contributed by atoms with Crippen LogP contribution in [0.4, 0.5) is 5.82 Å². The van der Waals surface area contributed by atoms with Gasteiger partial charge in [-0.05, 0) is 13.8 Å². The van der Waals surface area contributed by atoms with Crippen molar-refractivity contribution in [3.8, 4) is 5.75 Å². The number of nitrogens with one attached hydrogen (secondary N) is 1. The molecule has 5 heteroatoms. The summed E-state index contributed by atoms with van der Waals surface area (Å²) < 4.78 is 10.3. The van der Waals surface area contributed by atoms with Crippen LogP contribution in [-0.4, -0.2) is 30.2 Å². The second kappa shape index (κ2) is 4.00. The molecule has 0 aromatic carbocycles. The van der Waals surface area contributed by atoms with Gasteiger partial charge < -0.3 is 14.8 Å². The van der Waals surface area contributed by atoms with Gasteiger partial charge in [0.05, 0.1) is 18.7 Å². The van der Waals surface area contributed by atoms with Gasteiger partial charge >= 0.3 is 5.97 Å². The van der Waals surface area contributed by atoms with Crippen LogP contribution in [0.25, 0.3) is 0 Å². The van der Waals surface area contributed by atoms with Crippen molar-refractivity contribution in [1.29, 1.82) is 0 Å². The molecule has 0 aliphatic carbocycles. The molecule has 0 saturated heterocycles. The summed E-state index contributed by atoms with van der Waals surface area (Å²) in [5, 5.41) is 3.21. The number of rotatable bonds is 1. The van der Waals surface area contributed by atoms with Crippen LogP contribution in [0.2, 0.25) is 0 Å². The largest absolute Gasteiger partial charge is 0.485 e. The van der Waals surface area contributed by atoms with Crippen molar-refractivity contribution in [2.45, 2.75) is 26.0 Å². The fraction of sp³-hybridized carbons (Fsp3) is 0.455. The lowest BCUT2D eigenvalue weighted by atomic mass is 10.1. The lowest BCUT2D eigenvalue weighted by molar-refractivity contribution is 0.0599. The first-order valence-electron chi connectivity index (χ1n) is 5.13. The highest BCUT2D eigenvalue weighted by Gasteiger charge is 2.24. The number of fused-ring (bicyclic) bond motifs is 1. The van der Waals surface area contributed by atoms with E-state index in [0.717, 1.165) is 0 Å². The zero-order chi connectivity index (χ0) is 11.7. The fourth-order valence-electron chi connectivity index (χ4n) is 1.51. The summed E-state index contributed by atoms with van der Waals surface area (Å²) in [4.78, 5) is 15.4. The number of ether oxygens (including phenoxy) is 2. The molecule has 2 atom stereocenters. The number of esters is 1. The smallest absolute Gasteiger partial charge is 0.339 e. The van der Waals surface area contributed by atoms with E-state index in [1.165, 1.54) is 13.3 Å². The predicted molar refractivity (Wildman–Crippen MR) is 58.8 cm³/mol. The van der Waals surface area contributed by atoms with E-state index in [1.807, 2.05) is 13.8 Å². The number of aromatic nitrogens is 1. The fourth-order valence-corrected chi connectivity index (χ4v) is 1.51. The van der Waals surface area contributed by atoms with Crippen LogP contribution in [0.1, 0.15) is 24.2 Å². The average molecular weight is 222 g/mol. The van der Waals surface area contributed by atoms with Gasteiger partial charge in [-0.15, -0.1) is 0 Å². The van der Waals surface area contributed by atoms with E-state index in [-0.39, 0.29) is 12.1 Å². The Kier molecular flexibility index (Phi) is 2.68. The maximum Gasteiger partial charge on any atom is 0.339 e. The summed E-state index contributed by atoms with van der Waals surface area (Å²) in [5.41, 5.74) is 0.393. The number of pyridine rings is 1. The zero-order valence-corrected chi connectivity index (χ0v) is 9.48. The third-order valence-electron chi connectivity index (χ3n) is 2.66. The maximum absolute atomic E-state index is 11.3. The highest BCUT2D eigenvalue weighted by molar-refractivity contribution is 5.90. The second-order valence-electron chi connectivity index (χ2n) is 3.82. The average Bonchev–Trinajstić information content (AvgIpc) is 2.29. The van der Waals surface area contributed by atoms with Crippen LogP contribution in [-0.2, 0) is 4.74 Å². The molecule has 1 N–H and O–H groups in total. The molecule has 1 aliphatic rings. The van der Waals surface area contributed by atoms with Crippen molar-refractivity contribution in [3.63, 3.8) is 0 Å². The van der Waals surface area contributed by atoms with Crippen molar-refractivity contribution in [1.82, 2.24) is 4.98 Å². The molecule has 1 aromatic rings. The molecule has 0 spiro atoms. The molecule has 86 valence electrons. The van der Waals surface area contributed by atoms with Gasteiger partial charge in [0.2, 0.25) is 0 Å².